The zero-order valence-corrected chi connectivity index (χ0v) is 10.1. The van der Waals surface area contributed by atoms with Crippen LogP contribution in [0, 0.1) is 5.92 Å². The van der Waals surface area contributed by atoms with Gasteiger partial charge in [-0.2, -0.15) is 0 Å². The van der Waals surface area contributed by atoms with Gasteiger partial charge in [0, 0.05) is 12.6 Å². The predicted octanol–water partition coefficient (Wildman–Crippen LogP) is 0.865. The number of hydrogen-bond acceptors (Lipinski definition) is 3. The Hall–Kier alpha value is 0.170. The summed E-state index contributed by atoms with van der Waals surface area (Å²) in [5.41, 5.74) is 0. The molecule has 3 nitrogen and oxygen atoms in total. The van der Waals surface area contributed by atoms with Gasteiger partial charge in [0.25, 0.3) is 0 Å². The Morgan fingerprint density at radius 3 is 2.60 bits per heavy atom. The maximum atomic E-state index is 9.21. The second-order valence-corrected chi connectivity index (χ2v) is 4.67. The van der Waals surface area contributed by atoms with Crippen molar-refractivity contribution < 1.29 is 5.11 Å². The van der Waals surface area contributed by atoms with Gasteiger partial charge in [0.05, 0.1) is 6.61 Å². The van der Waals surface area contributed by atoms with Gasteiger partial charge in [-0.3, -0.25) is 4.90 Å². The average Bonchev–Trinajstić information content (AvgIpc) is 2.67. The minimum atomic E-state index is 0. The van der Waals surface area contributed by atoms with Gasteiger partial charge in [-0.1, -0.05) is 0 Å². The summed E-state index contributed by atoms with van der Waals surface area (Å²) in [7, 11) is 0. The normalized spacial score (nSPS) is 29.0. The third-order valence-electron chi connectivity index (χ3n) is 3.66. The van der Waals surface area contributed by atoms with E-state index in [1.54, 1.807) is 0 Å². The topological polar surface area (TPSA) is 35.5 Å². The van der Waals surface area contributed by atoms with Crippen molar-refractivity contribution in [2.24, 2.45) is 5.92 Å². The standard InChI is InChI=1S/C11H22N2O.ClH/c14-9-11-2-1-7-13(11)8-10-3-5-12-6-4-10;/h10-12,14H,1-9H2;1H/t11-;/m1./s1. The molecule has 2 aliphatic rings. The van der Waals surface area contributed by atoms with E-state index in [1.807, 2.05) is 0 Å². The highest BCUT2D eigenvalue weighted by Gasteiger charge is 2.26. The van der Waals surface area contributed by atoms with Gasteiger partial charge >= 0.3 is 0 Å². The predicted molar refractivity (Wildman–Crippen MR) is 64.5 cm³/mol. The molecule has 0 aromatic heterocycles. The summed E-state index contributed by atoms with van der Waals surface area (Å²) in [6, 6.07) is 0.463. The minimum Gasteiger partial charge on any atom is -0.395 e. The largest absolute Gasteiger partial charge is 0.395 e. The molecule has 0 unspecified atom stereocenters. The monoisotopic (exact) mass is 234 g/mol. The van der Waals surface area contributed by atoms with Crippen LogP contribution >= 0.6 is 12.4 Å². The van der Waals surface area contributed by atoms with Crippen LogP contribution in [-0.4, -0.2) is 48.8 Å². The first-order valence-corrected chi connectivity index (χ1v) is 5.96. The molecule has 90 valence electrons. The Morgan fingerprint density at radius 1 is 1.20 bits per heavy atom. The molecule has 0 radical (unpaired) electrons. The van der Waals surface area contributed by atoms with Gasteiger partial charge in [0.2, 0.25) is 0 Å². The van der Waals surface area contributed by atoms with Gasteiger partial charge in [0.15, 0.2) is 0 Å². The van der Waals surface area contributed by atoms with E-state index in [2.05, 4.69) is 10.2 Å². The number of nitrogens with zero attached hydrogens (tertiary/aromatic N) is 1. The van der Waals surface area contributed by atoms with Gasteiger partial charge in [-0.15, -0.1) is 12.4 Å². The van der Waals surface area contributed by atoms with Crippen LogP contribution in [0.15, 0.2) is 0 Å². The van der Waals surface area contributed by atoms with Crippen molar-refractivity contribution in [2.45, 2.75) is 31.7 Å². The van der Waals surface area contributed by atoms with Crippen molar-refractivity contribution in [2.75, 3.05) is 32.8 Å². The lowest BCUT2D eigenvalue weighted by Crippen LogP contribution is -2.39. The summed E-state index contributed by atoms with van der Waals surface area (Å²) < 4.78 is 0. The molecule has 4 heteroatoms. The fourth-order valence-electron chi connectivity index (χ4n) is 2.74. The van der Waals surface area contributed by atoms with E-state index >= 15 is 0 Å². The van der Waals surface area contributed by atoms with Crippen LogP contribution in [0.4, 0.5) is 0 Å². The number of halogens is 1. The first-order valence-electron chi connectivity index (χ1n) is 5.96. The van der Waals surface area contributed by atoms with Crippen molar-refractivity contribution in [3.8, 4) is 0 Å². The van der Waals surface area contributed by atoms with Crippen molar-refractivity contribution in [1.82, 2.24) is 10.2 Å². The molecule has 0 saturated carbocycles. The second-order valence-electron chi connectivity index (χ2n) is 4.67. The lowest BCUT2D eigenvalue weighted by molar-refractivity contribution is 0.133. The number of likely N-dealkylation sites (tertiary alicyclic amines) is 1. The lowest BCUT2D eigenvalue weighted by atomic mass is 9.97. The van der Waals surface area contributed by atoms with E-state index in [0.717, 1.165) is 5.92 Å². The fourth-order valence-corrected chi connectivity index (χ4v) is 2.74. The molecule has 2 saturated heterocycles. The molecule has 1 atom stereocenters. The fraction of sp³-hybridized carbons (Fsp3) is 1.00. The van der Waals surface area contributed by atoms with Gasteiger partial charge in [-0.25, -0.2) is 0 Å². The highest BCUT2D eigenvalue weighted by Crippen LogP contribution is 2.21. The maximum absolute atomic E-state index is 9.21. The molecule has 0 aromatic carbocycles. The Kier molecular flexibility index (Phi) is 5.90. The average molecular weight is 235 g/mol. The van der Waals surface area contributed by atoms with E-state index in [-0.39, 0.29) is 12.4 Å². The van der Waals surface area contributed by atoms with E-state index < -0.39 is 0 Å². The maximum Gasteiger partial charge on any atom is 0.0586 e. The van der Waals surface area contributed by atoms with Crippen LogP contribution in [0.25, 0.3) is 0 Å². The Morgan fingerprint density at radius 2 is 1.93 bits per heavy atom. The molecule has 2 N–H and O–H groups in total. The molecule has 2 fully saturated rings. The summed E-state index contributed by atoms with van der Waals surface area (Å²) in [6.07, 6.45) is 5.10. The molecule has 0 bridgehead atoms. The molecule has 0 aliphatic carbocycles. The van der Waals surface area contributed by atoms with Gasteiger partial charge in [-0.05, 0) is 51.2 Å². The molecule has 0 aromatic rings. The summed E-state index contributed by atoms with van der Waals surface area (Å²) in [5, 5.41) is 12.6. The summed E-state index contributed by atoms with van der Waals surface area (Å²) >= 11 is 0. The molecule has 0 amide bonds. The first kappa shape index (κ1) is 13.2. The van der Waals surface area contributed by atoms with Crippen LogP contribution in [0.1, 0.15) is 25.7 Å². The van der Waals surface area contributed by atoms with Crippen LogP contribution in [0.3, 0.4) is 0 Å². The molecule has 2 aliphatic heterocycles. The van der Waals surface area contributed by atoms with E-state index in [9.17, 15) is 5.11 Å². The summed E-state index contributed by atoms with van der Waals surface area (Å²) in [5.74, 6) is 0.864. The minimum absolute atomic E-state index is 0. The number of aliphatic hydroxyl groups excluding tert-OH is 1. The molecular weight excluding hydrogens is 212 g/mol. The second kappa shape index (κ2) is 6.69. The number of nitrogens with one attached hydrogen (secondary N) is 1. The molecule has 15 heavy (non-hydrogen) atoms. The van der Waals surface area contributed by atoms with Crippen molar-refractivity contribution in [1.29, 1.82) is 0 Å². The van der Waals surface area contributed by atoms with Gasteiger partial charge < -0.3 is 10.4 Å². The van der Waals surface area contributed by atoms with Crippen molar-refractivity contribution in [3.63, 3.8) is 0 Å². The molecule has 2 heterocycles. The van der Waals surface area contributed by atoms with Crippen LogP contribution in [0.2, 0.25) is 0 Å². The Bertz CT molecular complexity index is 174. The first-order chi connectivity index (χ1) is 6.90. The lowest BCUT2D eigenvalue weighted by Gasteiger charge is -2.30. The Balaban J connectivity index is 0.00000112. The number of piperidine rings is 1. The molecule has 0 spiro atoms. The van der Waals surface area contributed by atoms with Crippen molar-refractivity contribution in [3.05, 3.63) is 0 Å². The van der Waals surface area contributed by atoms with Crippen LogP contribution in [-0.2, 0) is 0 Å². The summed E-state index contributed by atoms with van der Waals surface area (Å²) in [6.45, 7) is 5.14. The quantitative estimate of drug-likeness (QED) is 0.761. The zero-order chi connectivity index (χ0) is 9.80. The molecular formula is C11H23ClN2O. The third kappa shape index (κ3) is 3.59. The highest BCUT2D eigenvalue weighted by molar-refractivity contribution is 5.85. The molecule has 2 rings (SSSR count). The number of aliphatic hydroxyl groups is 1. The zero-order valence-electron chi connectivity index (χ0n) is 9.32. The number of rotatable bonds is 3. The number of hydrogen-bond donors (Lipinski definition) is 2. The summed E-state index contributed by atoms with van der Waals surface area (Å²) in [4.78, 5) is 2.50. The SMILES string of the molecule is Cl.OC[C@H]1CCCN1CC1CCNCC1. The Labute approximate surface area is 98.6 Å². The van der Waals surface area contributed by atoms with Crippen molar-refractivity contribution >= 4 is 12.4 Å². The van der Waals surface area contributed by atoms with E-state index in [1.165, 1.54) is 51.9 Å². The highest BCUT2D eigenvalue weighted by atomic mass is 35.5. The smallest absolute Gasteiger partial charge is 0.0586 e. The van der Waals surface area contributed by atoms with Crippen LogP contribution < -0.4 is 5.32 Å². The van der Waals surface area contributed by atoms with E-state index in [4.69, 9.17) is 0 Å². The third-order valence-corrected chi connectivity index (χ3v) is 3.66. The van der Waals surface area contributed by atoms with E-state index in [0.29, 0.717) is 12.6 Å². The van der Waals surface area contributed by atoms with Crippen LogP contribution in [0.5, 0.6) is 0 Å². The van der Waals surface area contributed by atoms with Gasteiger partial charge in [0.1, 0.15) is 0 Å².